The van der Waals surface area contributed by atoms with Gasteiger partial charge in [0.25, 0.3) is 0 Å². The maximum absolute atomic E-state index is 12.4. The molecule has 0 bridgehead atoms. The van der Waals surface area contributed by atoms with Crippen molar-refractivity contribution in [1.29, 1.82) is 0 Å². The average Bonchev–Trinajstić information content (AvgIpc) is 2.72. The van der Waals surface area contributed by atoms with Crippen LogP contribution in [0.15, 0.2) is 30.3 Å². The number of hydrogen-bond acceptors (Lipinski definition) is 4. The summed E-state index contributed by atoms with van der Waals surface area (Å²) in [6.07, 6.45) is 0.588. The third-order valence-electron chi connectivity index (χ3n) is 4.58. The molecule has 1 N–H and O–H groups in total. The van der Waals surface area contributed by atoms with Crippen molar-refractivity contribution in [1.82, 2.24) is 4.98 Å². The van der Waals surface area contributed by atoms with Crippen LogP contribution in [-0.2, 0) is 15.1 Å². The molecule has 2 unspecified atom stereocenters. The highest BCUT2D eigenvalue weighted by Gasteiger charge is 2.45. The van der Waals surface area contributed by atoms with Crippen LogP contribution in [0.25, 0.3) is 0 Å². The first kappa shape index (κ1) is 16.5. The molecule has 2 heterocycles. The van der Waals surface area contributed by atoms with Gasteiger partial charge in [0.1, 0.15) is 17.5 Å². The number of nitrogens with one attached hydrogen (secondary N) is 1. The van der Waals surface area contributed by atoms with Crippen molar-refractivity contribution < 1.29 is 9.53 Å². The summed E-state index contributed by atoms with van der Waals surface area (Å²) < 4.78 is 5.77. The van der Waals surface area contributed by atoms with Crippen molar-refractivity contribution in [2.45, 2.75) is 52.7 Å². The molecule has 2 aromatic rings. The Morgan fingerprint density at radius 2 is 1.88 bits per heavy atom. The molecular weight excluding hydrogens is 300 g/mol. The van der Waals surface area contributed by atoms with E-state index in [-0.39, 0.29) is 12.0 Å². The molecule has 1 aromatic heterocycles. The second-order valence-electron chi connectivity index (χ2n) is 7.04. The fraction of sp³-hybridized carbons (Fsp3) is 0.400. The van der Waals surface area contributed by atoms with Crippen LogP contribution in [-0.4, -0.2) is 17.0 Å². The van der Waals surface area contributed by atoms with E-state index in [2.05, 4.69) is 42.3 Å². The van der Waals surface area contributed by atoms with Gasteiger partial charge in [-0.1, -0.05) is 23.8 Å². The number of aromatic nitrogens is 1. The molecule has 3 rings (SSSR count). The summed E-state index contributed by atoms with van der Waals surface area (Å²) in [7, 11) is 0. The van der Waals surface area contributed by atoms with E-state index in [0.29, 0.717) is 6.42 Å². The van der Waals surface area contributed by atoms with Crippen LogP contribution >= 0.6 is 0 Å². The number of carbonyl (C=O) groups excluding carboxylic acids is 1. The molecule has 0 amide bonds. The van der Waals surface area contributed by atoms with Gasteiger partial charge < -0.3 is 10.1 Å². The molecule has 1 aliphatic rings. The topological polar surface area (TPSA) is 51.2 Å². The van der Waals surface area contributed by atoms with Gasteiger partial charge in [0, 0.05) is 12.1 Å². The van der Waals surface area contributed by atoms with Crippen molar-refractivity contribution in [2.75, 3.05) is 5.32 Å². The fourth-order valence-electron chi connectivity index (χ4n) is 3.58. The first-order valence-corrected chi connectivity index (χ1v) is 8.29. The third-order valence-corrected chi connectivity index (χ3v) is 4.58. The Bertz CT molecular complexity index is 780. The second kappa shape index (κ2) is 5.93. The van der Waals surface area contributed by atoms with Crippen LogP contribution in [0, 0.1) is 27.7 Å². The SMILES string of the molecule is Cc1cc(C)nc(NC2CC(C)(c3ccc(C)cc3C)OC2=O)c1. The Kier molecular flexibility index (Phi) is 4.08. The Morgan fingerprint density at radius 1 is 1.12 bits per heavy atom. The van der Waals surface area contributed by atoms with Crippen molar-refractivity contribution in [3.05, 3.63) is 58.3 Å². The Morgan fingerprint density at radius 3 is 2.54 bits per heavy atom. The predicted octanol–water partition coefficient (Wildman–Crippen LogP) is 3.96. The number of nitrogens with zero attached hydrogens (tertiary/aromatic N) is 1. The van der Waals surface area contributed by atoms with Crippen LogP contribution in [0.3, 0.4) is 0 Å². The molecule has 0 saturated carbocycles. The summed E-state index contributed by atoms with van der Waals surface area (Å²) in [4.78, 5) is 16.9. The minimum absolute atomic E-state index is 0.224. The van der Waals surface area contributed by atoms with Gasteiger partial charge in [-0.05, 0) is 63.4 Å². The molecule has 2 atom stereocenters. The van der Waals surface area contributed by atoms with E-state index in [4.69, 9.17) is 4.74 Å². The zero-order valence-corrected chi connectivity index (χ0v) is 14.9. The summed E-state index contributed by atoms with van der Waals surface area (Å²) in [5.74, 6) is 0.498. The minimum atomic E-state index is -0.606. The molecule has 0 spiro atoms. The predicted molar refractivity (Wildman–Crippen MR) is 95.1 cm³/mol. The number of pyridine rings is 1. The summed E-state index contributed by atoms with van der Waals surface area (Å²) in [6, 6.07) is 9.83. The Balaban J connectivity index is 1.84. The molecule has 24 heavy (non-hydrogen) atoms. The number of aryl methyl sites for hydroxylation is 4. The first-order valence-electron chi connectivity index (χ1n) is 8.29. The summed E-state index contributed by atoms with van der Waals surface area (Å²) in [5, 5.41) is 3.24. The van der Waals surface area contributed by atoms with Crippen molar-refractivity contribution in [3.63, 3.8) is 0 Å². The number of carbonyl (C=O) groups is 1. The quantitative estimate of drug-likeness (QED) is 0.868. The molecule has 1 aromatic carbocycles. The number of ether oxygens (including phenoxy) is 1. The van der Waals surface area contributed by atoms with Crippen molar-refractivity contribution >= 4 is 11.8 Å². The lowest BCUT2D eigenvalue weighted by Crippen LogP contribution is -2.26. The molecule has 1 fully saturated rings. The normalized spacial score (nSPS) is 23.2. The number of hydrogen-bond donors (Lipinski definition) is 1. The van der Waals surface area contributed by atoms with E-state index in [1.807, 2.05) is 32.9 Å². The molecule has 4 heteroatoms. The minimum Gasteiger partial charge on any atom is -0.453 e. The molecule has 0 aliphatic carbocycles. The summed E-state index contributed by atoms with van der Waals surface area (Å²) >= 11 is 0. The average molecular weight is 324 g/mol. The third kappa shape index (κ3) is 3.14. The van der Waals surface area contributed by atoms with Gasteiger partial charge in [-0.15, -0.1) is 0 Å². The van der Waals surface area contributed by atoms with Gasteiger partial charge >= 0.3 is 5.97 Å². The first-order chi connectivity index (χ1) is 11.3. The number of benzene rings is 1. The summed E-state index contributed by atoms with van der Waals surface area (Å²) in [6.45, 7) is 10.1. The zero-order valence-electron chi connectivity index (χ0n) is 14.9. The largest absolute Gasteiger partial charge is 0.453 e. The van der Waals surface area contributed by atoms with Crippen LogP contribution in [0.5, 0.6) is 0 Å². The summed E-state index contributed by atoms with van der Waals surface area (Å²) in [5.41, 5.74) is 4.87. The highest BCUT2D eigenvalue weighted by atomic mass is 16.6. The van der Waals surface area contributed by atoms with Gasteiger partial charge in [0.05, 0.1) is 0 Å². The van der Waals surface area contributed by atoms with Gasteiger partial charge in [0.15, 0.2) is 0 Å². The smallest absolute Gasteiger partial charge is 0.329 e. The highest BCUT2D eigenvalue weighted by Crippen LogP contribution is 2.39. The molecular formula is C20H24N2O2. The standard InChI is InChI=1S/C20H24N2O2/c1-12-6-7-16(14(3)8-12)20(5)11-17(19(23)24-20)22-18-10-13(2)9-15(4)21-18/h6-10,17H,11H2,1-5H3,(H,21,22). The number of rotatable bonds is 3. The van der Waals surface area contributed by atoms with Gasteiger partial charge in [-0.25, -0.2) is 9.78 Å². The van der Waals surface area contributed by atoms with E-state index < -0.39 is 5.60 Å². The maximum Gasteiger partial charge on any atom is 0.329 e. The highest BCUT2D eigenvalue weighted by molar-refractivity contribution is 5.82. The molecule has 1 saturated heterocycles. The number of anilines is 1. The lowest BCUT2D eigenvalue weighted by molar-refractivity contribution is -0.148. The van der Waals surface area contributed by atoms with Crippen molar-refractivity contribution in [2.24, 2.45) is 0 Å². The van der Waals surface area contributed by atoms with E-state index in [1.54, 1.807) is 0 Å². The van der Waals surface area contributed by atoms with E-state index in [9.17, 15) is 4.79 Å². The number of cyclic esters (lactones) is 1. The monoisotopic (exact) mass is 324 g/mol. The van der Waals surface area contributed by atoms with Crippen LogP contribution in [0.1, 0.15) is 41.3 Å². The van der Waals surface area contributed by atoms with Crippen LogP contribution < -0.4 is 5.32 Å². The van der Waals surface area contributed by atoms with Crippen LogP contribution in [0.4, 0.5) is 5.82 Å². The second-order valence-corrected chi connectivity index (χ2v) is 7.04. The van der Waals surface area contributed by atoms with Gasteiger partial charge in [-0.3, -0.25) is 0 Å². The molecule has 0 radical (unpaired) electrons. The van der Waals surface area contributed by atoms with Crippen molar-refractivity contribution in [3.8, 4) is 0 Å². The molecule has 4 nitrogen and oxygen atoms in total. The van der Waals surface area contributed by atoms with Crippen LogP contribution in [0.2, 0.25) is 0 Å². The molecule has 1 aliphatic heterocycles. The lowest BCUT2D eigenvalue weighted by Gasteiger charge is -2.25. The maximum atomic E-state index is 12.4. The lowest BCUT2D eigenvalue weighted by atomic mass is 9.87. The fourth-order valence-corrected chi connectivity index (χ4v) is 3.58. The zero-order chi connectivity index (χ0) is 17.5. The van der Waals surface area contributed by atoms with E-state index >= 15 is 0 Å². The number of esters is 1. The Labute approximate surface area is 143 Å². The Hall–Kier alpha value is -2.36. The van der Waals surface area contributed by atoms with Gasteiger partial charge in [0.2, 0.25) is 0 Å². The van der Waals surface area contributed by atoms with E-state index in [1.165, 1.54) is 5.56 Å². The van der Waals surface area contributed by atoms with Gasteiger partial charge in [-0.2, -0.15) is 0 Å². The molecule has 126 valence electrons. The van der Waals surface area contributed by atoms with E-state index in [0.717, 1.165) is 28.2 Å².